The molecule has 0 unspecified atom stereocenters. The van der Waals surface area contributed by atoms with Crippen molar-refractivity contribution in [3.05, 3.63) is 46.9 Å². The molecule has 2 aromatic rings. The van der Waals surface area contributed by atoms with Crippen LogP contribution in [0.3, 0.4) is 0 Å². The molecule has 0 bridgehead atoms. The maximum absolute atomic E-state index is 13.2. The molecule has 1 heterocycles. The summed E-state index contributed by atoms with van der Waals surface area (Å²) in [5, 5.41) is 3.50. The van der Waals surface area contributed by atoms with Gasteiger partial charge in [-0.05, 0) is 43.3 Å². The van der Waals surface area contributed by atoms with E-state index in [1.54, 1.807) is 12.1 Å². The molecule has 2 rings (SSSR count). The molecule has 0 aliphatic heterocycles. The molecule has 0 aliphatic rings. The number of benzene rings is 1. The quantitative estimate of drug-likeness (QED) is 0.590. The molecule has 0 saturated heterocycles. The molecular formula is C18H23ClFNO. The first-order chi connectivity index (χ1) is 10.7. The standard InChI is InChI=1S/C18H23ClFNO/c1-2-3-4-5-6-11-21-13-15-8-10-18(22-15)14-7-9-17(20)16(19)12-14/h7-10,12,21H,2-6,11,13H2,1H3. The van der Waals surface area contributed by atoms with E-state index in [2.05, 4.69) is 12.2 Å². The van der Waals surface area contributed by atoms with Crippen LogP contribution >= 0.6 is 11.6 Å². The normalized spacial score (nSPS) is 11.0. The van der Waals surface area contributed by atoms with Gasteiger partial charge in [0.1, 0.15) is 17.3 Å². The first kappa shape index (κ1) is 17.0. The Hall–Kier alpha value is -1.32. The number of rotatable bonds is 9. The van der Waals surface area contributed by atoms with Crippen molar-refractivity contribution < 1.29 is 8.81 Å². The van der Waals surface area contributed by atoms with Crippen molar-refractivity contribution in [3.63, 3.8) is 0 Å². The first-order valence-electron chi connectivity index (χ1n) is 7.95. The minimum absolute atomic E-state index is 0.112. The minimum atomic E-state index is -0.415. The molecule has 1 aromatic carbocycles. The van der Waals surface area contributed by atoms with E-state index in [0.29, 0.717) is 12.3 Å². The second-order valence-electron chi connectivity index (χ2n) is 5.49. The second kappa shape index (κ2) is 8.96. The summed E-state index contributed by atoms with van der Waals surface area (Å²) in [5.74, 6) is 1.17. The third kappa shape index (κ3) is 5.15. The van der Waals surface area contributed by atoms with Gasteiger partial charge >= 0.3 is 0 Å². The van der Waals surface area contributed by atoms with Crippen LogP contribution in [0.15, 0.2) is 34.7 Å². The van der Waals surface area contributed by atoms with E-state index in [0.717, 1.165) is 17.9 Å². The molecule has 0 fully saturated rings. The van der Waals surface area contributed by atoms with Gasteiger partial charge in [-0.2, -0.15) is 0 Å². The topological polar surface area (TPSA) is 25.2 Å². The van der Waals surface area contributed by atoms with Crippen molar-refractivity contribution in [2.75, 3.05) is 6.54 Å². The molecular weight excluding hydrogens is 301 g/mol. The Kier molecular flexibility index (Phi) is 6.94. The first-order valence-corrected chi connectivity index (χ1v) is 8.33. The lowest BCUT2D eigenvalue weighted by atomic mass is 10.1. The smallest absolute Gasteiger partial charge is 0.141 e. The summed E-state index contributed by atoms with van der Waals surface area (Å²) in [7, 11) is 0. The van der Waals surface area contributed by atoms with Crippen LogP contribution < -0.4 is 5.32 Å². The third-order valence-electron chi connectivity index (χ3n) is 3.62. The molecule has 0 amide bonds. The van der Waals surface area contributed by atoms with Gasteiger partial charge in [-0.3, -0.25) is 0 Å². The van der Waals surface area contributed by atoms with Crippen LogP contribution in [0.5, 0.6) is 0 Å². The van der Waals surface area contributed by atoms with Crippen molar-refractivity contribution in [2.45, 2.75) is 45.6 Å². The Labute approximate surface area is 136 Å². The van der Waals surface area contributed by atoms with Crippen molar-refractivity contribution in [3.8, 4) is 11.3 Å². The molecule has 0 aliphatic carbocycles. The summed E-state index contributed by atoms with van der Waals surface area (Å²) in [5.41, 5.74) is 0.789. The van der Waals surface area contributed by atoms with Crippen LogP contribution in [-0.2, 0) is 6.54 Å². The molecule has 0 radical (unpaired) electrons. The van der Waals surface area contributed by atoms with E-state index < -0.39 is 5.82 Å². The Morgan fingerprint density at radius 3 is 2.68 bits per heavy atom. The van der Waals surface area contributed by atoms with Gasteiger partial charge in [0.15, 0.2) is 0 Å². The highest BCUT2D eigenvalue weighted by Crippen LogP contribution is 2.26. The molecule has 2 nitrogen and oxygen atoms in total. The fourth-order valence-corrected chi connectivity index (χ4v) is 2.52. The molecule has 120 valence electrons. The maximum atomic E-state index is 13.2. The number of unbranched alkanes of at least 4 members (excludes halogenated alkanes) is 4. The van der Waals surface area contributed by atoms with Crippen LogP contribution in [0.25, 0.3) is 11.3 Å². The molecule has 0 spiro atoms. The van der Waals surface area contributed by atoms with Crippen LogP contribution in [0.1, 0.15) is 44.8 Å². The summed E-state index contributed by atoms with van der Waals surface area (Å²) >= 11 is 5.80. The highest BCUT2D eigenvalue weighted by Gasteiger charge is 2.07. The molecule has 0 saturated carbocycles. The fraction of sp³-hybridized carbons (Fsp3) is 0.444. The molecule has 0 atom stereocenters. The van der Waals surface area contributed by atoms with Crippen molar-refractivity contribution in [1.29, 1.82) is 0 Å². The van der Waals surface area contributed by atoms with Gasteiger partial charge in [0.2, 0.25) is 0 Å². The minimum Gasteiger partial charge on any atom is -0.460 e. The van der Waals surface area contributed by atoms with E-state index >= 15 is 0 Å². The monoisotopic (exact) mass is 323 g/mol. The SMILES string of the molecule is CCCCCCCNCc1ccc(-c2ccc(F)c(Cl)c2)o1. The summed E-state index contributed by atoms with van der Waals surface area (Å²) in [6, 6.07) is 8.44. The number of hydrogen-bond donors (Lipinski definition) is 1. The van der Waals surface area contributed by atoms with E-state index in [1.807, 2.05) is 12.1 Å². The molecule has 4 heteroatoms. The molecule has 1 N–H and O–H groups in total. The number of furan rings is 1. The predicted molar refractivity (Wildman–Crippen MR) is 89.6 cm³/mol. The summed E-state index contributed by atoms with van der Waals surface area (Å²) in [6.45, 7) is 3.94. The Balaban J connectivity index is 1.78. The lowest BCUT2D eigenvalue weighted by Crippen LogP contribution is -2.14. The van der Waals surface area contributed by atoms with Crippen LogP contribution in [0, 0.1) is 5.82 Å². The highest BCUT2D eigenvalue weighted by molar-refractivity contribution is 6.31. The largest absolute Gasteiger partial charge is 0.460 e. The fourth-order valence-electron chi connectivity index (χ4n) is 2.34. The number of halogens is 2. The van der Waals surface area contributed by atoms with Crippen LogP contribution in [-0.4, -0.2) is 6.54 Å². The Morgan fingerprint density at radius 2 is 1.91 bits per heavy atom. The van der Waals surface area contributed by atoms with Gasteiger partial charge in [0.05, 0.1) is 11.6 Å². The van der Waals surface area contributed by atoms with Crippen molar-refractivity contribution in [1.82, 2.24) is 5.32 Å². The number of nitrogens with one attached hydrogen (secondary N) is 1. The van der Waals surface area contributed by atoms with Crippen LogP contribution in [0.4, 0.5) is 4.39 Å². The van der Waals surface area contributed by atoms with Gasteiger partial charge in [-0.25, -0.2) is 4.39 Å². The zero-order valence-corrected chi connectivity index (χ0v) is 13.8. The van der Waals surface area contributed by atoms with E-state index in [4.69, 9.17) is 16.0 Å². The summed E-state index contributed by atoms with van der Waals surface area (Å²) in [4.78, 5) is 0. The van der Waals surface area contributed by atoms with Crippen molar-refractivity contribution >= 4 is 11.6 Å². The third-order valence-corrected chi connectivity index (χ3v) is 3.91. The number of hydrogen-bond acceptors (Lipinski definition) is 2. The summed E-state index contributed by atoms with van der Waals surface area (Å²) in [6.07, 6.45) is 6.38. The van der Waals surface area contributed by atoms with E-state index in [-0.39, 0.29) is 5.02 Å². The summed E-state index contributed by atoms with van der Waals surface area (Å²) < 4.78 is 18.9. The van der Waals surface area contributed by atoms with Gasteiger partial charge in [-0.1, -0.05) is 44.2 Å². The second-order valence-corrected chi connectivity index (χ2v) is 5.89. The Bertz CT molecular complexity index is 582. The Morgan fingerprint density at radius 1 is 1.09 bits per heavy atom. The van der Waals surface area contributed by atoms with Crippen molar-refractivity contribution in [2.24, 2.45) is 0 Å². The lowest BCUT2D eigenvalue weighted by molar-refractivity contribution is 0.486. The van der Waals surface area contributed by atoms with Gasteiger partial charge < -0.3 is 9.73 Å². The lowest BCUT2D eigenvalue weighted by Gasteiger charge is -2.03. The van der Waals surface area contributed by atoms with Gasteiger partial charge in [0, 0.05) is 5.56 Å². The predicted octanol–water partition coefficient (Wildman–Crippen LogP) is 5.80. The molecule has 22 heavy (non-hydrogen) atoms. The average molecular weight is 324 g/mol. The van der Waals surface area contributed by atoms with E-state index in [9.17, 15) is 4.39 Å². The van der Waals surface area contributed by atoms with E-state index in [1.165, 1.54) is 38.2 Å². The average Bonchev–Trinajstić information content (AvgIpc) is 2.98. The van der Waals surface area contributed by atoms with Gasteiger partial charge in [0.25, 0.3) is 0 Å². The highest BCUT2D eigenvalue weighted by atomic mass is 35.5. The maximum Gasteiger partial charge on any atom is 0.141 e. The van der Waals surface area contributed by atoms with Gasteiger partial charge in [-0.15, -0.1) is 0 Å². The van der Waals surface area contributed by atoms with Crippen LogP contribution in [0.2, 0.25) is 5.02 Å². The molecule has 1 aromatic heterocycles. The zero-order chi connectivity index (χ0) is 15.8. The zero-order valence-electron chi connectivity index (χ0n) is 13.0.